The number of hydrogen-bond acceptors (Lipinski definition) is 3. The third kappa shape index (κ3) is 4.04. The number of carbonyl (C=O) groups excluding carboxylic acids is 1. The molecular weight excluding hydrogens is 362 g/mol. The summed E-state index contributed by atoms with van der Waals surface area (Å²) in [5.41, 5.74) is 2.95. The fourth-order valence-electron chi connectivity index (χ4n) is 3.17. The minimum atomic E-state index is -0.165. The molecular formula is C21H20ClN3O2. The van der Waals surface area contributed by atoms with Crippen LogP contribution in [0, 0.1) is 0 Å². The molecule has 1 aromatic heterocycles. The summed E-state index contributed by atoms with van der Waals surface area (Å²) >= 11 is 5.98. The molecule has 1 fully saturated rings. The maximum Gasteiger partial charge on any atom is 0.270 e. The number of halogens is 1. The Hall–Kier alpha value is -2.63. The lowest BCUT2D eigenvalue weighted by Gasteiger charge is -2.11. The van der Waals surface area contributed by atoms with Crippen molar-refractivity contribution in [2.45, 2.75) is 18.9 Å². The van der Waals surface area contributed by atoms with Crippen molar-refractivity contribution in [1.82, 2.24) is 15.1 Å². The van der Waals surface area contributed by atoms with Crippen molar-refractivity contribution in [3.63, 3.8) is 0 Å². The van der Waals surface area contributed by atoms with Gasteiger partial charge in [0.15, 0.2) is 0 Å². The molecule has 0 spiro atoms. The first-order chi connectivity index (χ1) is 13.2. The molecule has 6 heteroatoms. The van der Waals surface area contributed by atoms with E-state index in [0.717, 1.165) is 36.4 Å². The molecule has 1 saturated heterocycles. The fraction of sp³-hybridized carbons (Fsp3) is 0.238. The van der Waals surface area contributed by atoms with Crippen LogP contribution in [0.2, 0.25) is 5.02 Å². The third-order valence-electron chi connectivity index (χ3n) is 4.60. The van der Waals surface area contributed by atoms with Crippen LogP contribution < -0.4 is 5.32 Å². The van der Waals surface area contributed by atoms with Gasteiger partial charge in [-0.15, -0.1) is 0 Å². The van der Waals surface area contributed by atoms with Gasteiger partial charge in [0.2, 0.25) is 0 Å². The zero-order valence-corrected chi connectivity index (χ0v) is 15.5. The summed E-state index contributed by atoms with van der Waals surface area (Å²) in [4.78, 5) is 12.8. The molecule has 138 valence electrons. The number of nitrogens with one attached hydrogen (secondary N) is 1. The summed E-state index contributed by atoms with van der Waals surface area (Å²) in [6, 6.07) is 18.9. The SMILES string of the molecule is O=C(NC[C@@H]1CCCO1)c1cc(-c2ccc(Cl)cc2)nn1-c1ccccc1. The quantitative estimate of drug-likeness (QED) is 0.723. The number of aromatic nitrogens is 2. The molecule has 1 aliphatic heterocycles. The Bertz CT molecular complexity index is 916. The number of hydrogen-bond donors (Lipinski definition) is 1. The van der Waals surface area contributed by atoms with E-state index in [1.807, 2.05) is 54.6 Å². The number of nitrogens with zero attached hydrogens (tertiary/aromatic N) is 2. The second kappa shape index (κ2) is 7.94. The van der Waals surface area contributed by atoms with E-state index in [0.29, 0.717) is 17.3 Å². The Morgan fingerprint density at radius 1 is 1.19 bits per heavy atom. The number of amides is 1. The molecule has 1 atom stereocenters. The second-order valence-electron chi connectivity index (χ2n) is 6.51. The van der Waals surface area contributed by atoms with Crippen LogP contribution >= 0.6 is 11.6 Å². The van der Waals surface area contributed by atoms with Gasteiger partial charge in [0, 0.05) is 23.7 Å². The third-order valence-corrected chi connectivity index (χ3v) is 4.85. The molecule has 0 unspecified atom stereocenters. The number of para-hydroxylation sites is 1. The summed E-state index contributed by atoms with van der Waals surface area (Å²) in [6.45, 7) is 1.28. The van der Waals surface area contributed by atoms with Crippen molar-refractivity contribution < 1.29 is 9.53 Å². The smallest absolute Gasteiger partial charge is 0.270 e. The maximum atomic E-state index is 12.8. The molecule has 0 radical (unpaired) electrons. The van der Waals surface area contributed by atoms with Gasteiger partial charge in [-0.25, -0.2) is 4.68 Å². The Labute approximate surface area is 162 Å². The van der Waals surface area contributed by atoms with Gasteiger partial charge in [-0.3, -0.25) is 4.79 Å². The van der Waals surface area contributed by atoms with Crippen molar-refractivity contribution in [3.8, 4) is 16.9 Å². The van der Waals surface area contributed by atoms with Gasteiger partial charge in [-0.05, 0) is 43.2 Å². The van der Waals surface area contributed by atoms with Crippen LogP contribution in [0.5, 0.6) is 0 Å². The first kappa shape index (κ1) is 17.8. The van der Waals surface area contributed by atoms with E-state index in [-0.39, 0.29) is 12.0 Å². The highest BCUT2D eigenvalue weighted by atomic mass is 35.5. The van der Waals surface area contributed by atoms with E-state index >= 15 is 0 Å². The molecule has 1 N–H and O–H groups in total. The van der Waals surface area contributed by atoms with Crippen LogP contribution in [0.3, 0.4) is 0 Å². The van der Waals surface area contributed by atoms with E-state index in [2.05, 4.69) is 10.4 Å². The van der Waals surface area contributed by atoms with Gasteiger partial charge in [-0.2, -0.15) is 5.10 Å². The molecule has 0 saturated carbocycles. The molecule has 3 aromatic rings. The molecule has 2 heterocycles. The minimum absolute atomic E-state index is 0.0952. The van der Waals surface area contributed by atoms with Crippen molar-refractivity contribution in [2.75, 3.05) is 13.2 Å². The number of ether oxygens (including phenoxy) is 1. The highest BCUT2D eigenvalue weighted by Crippen LogP contribution is 2.23. The Morgan fingerprint density at radius 2 is 1.96 bits per heavy atom. The summed E-state index contributed by atoms with van der Waals surface area (Å²) in [7, 11) is 0. The van der Waals surface area contributed by atoms with Crippen molar-refractivity contribution in [2.24, 2.45) is 0 Å². The fourth-order valence-corrected chi connectivity index (χ4v) is 3.30. The molecule has 5 nitrogen and oxygen atoms in total. The average molecular weight is 382 g/mol. The van der Waals surface area contributed by atoms with Crippen LogP contribution in [0.1, 0.15) is 23.3 Å². The summed E-state index contributed by atoms with van der Waals surface area (Å²) in [5, 5.41) is 8.30. The first-order valence-electron chi connectivity index (χ1n) is 9.02. The average Bonchev–Trinajstić information content (AvgIpc) is 3.37. The Balaban J connectivity index is 1.65. The zero-order valence-electron chi connectivity index (χ0n) is 14.8. The topological polar surface area (TPSA) is 56.1 Å². The normalized spacial score (nSPS) is 16.4. The largest absolute Gasteiger partial charge is 0.376 e. The molecule has 0 aliphatic carbocycles. The molecule has 2 aromatic carbocycles. The lowest BCUT2D eigenvalue weighted by molar-refractivity contribution is 0.0851. The summed E-state index contributed by atoms with van der Waals surface area (Å²) in [6.07, 6.45) is 2.12. The molecule has 27 heavy (non-hydrogen) atoms. The van der Waals surface area contributed by atoms with Crippen LogP contribution in [0.25, 0.3) is 16.9 Å². The zero-order chi connectivity index (χ0) is 18.6. The van der Waals surface area contributed by atoms with Crippen LogP contribution in [0.4, 0.5) is 0 Å². The van der Waals surface area contributed by atoms with Crippen molar-refractivity contribution in [3.05, 3.63) is 71.4 Å². The van der Waals surface area contributed by atoms with Crippen LogP contribution in [-0.4, -0.2) is 34.9 Å². The van der Waals surface area contributed by atoms with Gasteiger partial charge >= 0.3 is 0 Å². The molecule has 1 aliphatic rings. The number of benzene rings is 2. The lowest BCUT2D eigenvalue weighted by Crippen LogP contribution is -2.33. The van der Waals surface area contributed by atoms with E-state index < -0.39 is 0 Å². The Kier molecular flexibility index (Phi) is 5.23. The first-order valence-corrected chi connectivity index (χ1v) is 9.40. The van der Waals surface area contributed by atoms with Gasteiger partial charge in [0.25, 0.3) is 5.91 Å². The molecule has 0 bridgehead atoms. The van der Waals surface area contributed by atoms with E-state index in [1.165, 1.54) is 0 Å². The predicted molar refractivity (Wildman–Crippen MR) is 105 cm³/mol. The predicted octanol–water partition coefficient (Wildman–Crippen LogP) is 4.10. The molecule has 4 rings (SSSR count). The van der Waals surface area contributed by atoms with Crippen LogP contribution in [-0.2, 0) is 4.74 Å². The summed E-state index contributed by atoms with van der Waals surface area (Å²) in [5.74, 6) is -0.165. The number of rotatable bonds is 5. The van der Waals surface area contributed by atoms with Gasteiger partial charge in [0.1, 0.15) is 5.69 Å². The maximum absolute atomic E-state index is 12.8. The van der Waals surface area contributed by atoms with E-state index in [9.17, 15) is 4.79 Å². The monoisotopic (exact) mass is 381 g/mol. The van der Waals surface area contributed by atoms with E-state index in [1.54, 1.807) is 10.7 Å². The minimum Gasteiger partial charge on any atom is -0.376 e. The van der Waals surface area contributed by atoms with Gasteiger partial charge in [0.05, 0.1) is 17.5 Å². The highest BCUT2D eigenvalue weighted by Gasteiger charge is 2.20. The van der Waals surface area contributed by atoms with Gasteiger partial charge < -0.3 is 10.1 Å². The van der Waals surface area contributed by atoms with Crippen molar-refractivity contribution in [1.29, 1.82) is 0 Å². The highest BCUT2D eigenvalue weighted by molar-refractivity contribution is 6.30. The second-order valence-corrected chi connectivity index (χ2v) is 6.95. The molecule has 1 amide bonds. The van der Waals surface area contributed by atoms with Gasteiger partial charge in [-0.1, -0.05) is 41.9 Å². The van der Waals surface area contributed by atoms with E-state index in [4.69, 9.17) is 16.3 Å². The Morgan fingerprint density at radius 3 is 2.67 bits per heavy atom. The summed E-state index contributed by atoms with van der Waals surface area (Å²) < 4.78 is 7.27. The lowest BCUT2D eigenvalue weighted by atomic mass is 10.1. The number of carbonyl (C=O) groups is 1. The standard InChI is InChI=1S/C21H20ClN3O2/c22-16-10-8-15(9-11-16)19-13-20(21(26)23-14-18-7-4-12-27-18)25(24-19)17-5-2-1-3-6-17/h1-3,5-6,8-11,13,18H,4,7,12,14H2,(H,23,26)/t18-/m0/s1. The van der Waals surface area contributed by atoms with Crippen molar-refractivity contribution >= 4 is 17.5 Å². The van der Waals surface area contributed by atoms with Crippen LogP contribution in [0.15, 0.2) is 60.7 Å².